The Hall–Kier alpha value is -2.34. The van der Waals surface area contributed by atoms with Gasteiger partial charge in [-0.1, -0.05) is 18.2 Å². The molecule has 0 unspecified atom stereocenters. The van der Waals surface area contributed by atoms with Crippen LogP contribution in [0.25, 0.3) is 0 Å². The number of hydrogen-bond donors (Lipinski definition) is 1. The minimum Gasteiger partial charge on any atom is -0.342 e. The molecule has 5 nitrogen and oxygen atoms in total. The molecule has 2 aromatic rings. The summed E-state index contributed by atoms with van der Waals surface area (Å²) in [7, 11) is 0. The van der Waals surface area contributed by atoms with Gasteiger partial charge in [0.05, 0.1) is 11.2 Å². The van der Waals surface area contributed by atoms with E-state index >= 15 is 0 Å². The van der Waals surface area contributed by atoms with Crippen molar-refractivity contribution in [1.29, 1.82) is 0 Å². The van der Waals surface area contributed by atoms with E-state index in [1.54, 1.807) is 12.4 Å². The highest BCUT2D eigenvalue weighted by atomic mass is 32.2. The summed E-state index contributed by atoms with van der Waals surface area (Å²) in [5.74, 6) is 0.620. The number of amides is 2. The maximum atomic E-state index is 12.6. The van der Waals surface area contributed by atoms with Crippen molar-refractivity contribution in [2.45, 2.75) is 23.2 Å². The fourth-order valence-corrected chi connectivity index (χ4v) is 4.47. The fraction of sp³-hybridized carbons (Fsp3) is 0.316. The number of pyridine rings is 1. The number of piperidine rings is 1. The number of para-hydroxylation sites is 1. The Morgan fingerprint density at radius 2 is 1.88 bits per heavy atom. The van der Waals surface area contributed by atoms with Crippen molar-refractivity contribution >= 4 is 29.3 Å². The fourth-order valence-electron chi connectivity index (χ4n) is 3.68. The molecule has 25 heavy (non-hydrogen) atoms. The van der Waals surface area contributed by atoms with E-state index in [1.165, 1.54) is 11.8 Å². The van der Waals surface area contributed by atoms with Crippen molar-refractivity contribution in [1.82, 2.24) is 9.88 Å². The molecule has 4 rings (SSSR count). The molecule has 1 aromatic heterocycles. The molecule has 2 amide bonds. The van der Waals surface area contributed by atoms with Gasteiger partial charge in [0.15, 0.2) is 0 Å². The van der Waals surface area contributed by atoms with Gasteiger partial charge in [-0.2, -0.15) is 0 Å². The van der Waals surface area contributed by atoms with E-state index in [2.05, 4.69) is 10.3 Å². The maximum Gasteiger partial charge on any atom is 0.235 e. The zero-order chi connectivity index (χ0) is 17.3. The van der Waals surface area contributed by atoms with E-state index in [-0.39, 0.29) is 11.8 Å². The Labute approximate surface area is 150 Å². The van der Waals surface area contributed by atoms with Gasteiger partial charge in [-0.05, 0) is 36.6 Å². The first kappa shape index (κ1) is 16.1. The number of nitrogens with zero attached hydrogens (tertiary/aromatic N) is 2. The highest BCUT2D eigenvalue weighted by Crippen LogP contribution is 2.44. The third-order valence-electron chi connectivity index (χ3n) is 5.11. The van der Waals surface area contributed by atoms with Gasteiger partial charge in [-0.3, -0.25) is 14.6 Å². The number of carbonyl (C=O) groups is 2. The number of aromatic nitrogens is 1. The van der Waals surface area contributed by atoms with Crippen LogP contribution in [0.1, 0.15) is 18.4 Å². The van der Waals surface area contributed by atoms with Crippen LogP contribution in [-0.4, -0.2) is 40.5 Å². The number of nitrogens with one attached hydrogen (secondary N) is 1. The molecule has 128 valence electrons. The lowest BCUT2D eigenvalue weighted by Crippen LogP contribution is -2.48. The summed E-state index contributed by atoms with van der Waals surface area (Å²) in [5.41, 5.74) is 1.53. The van der Waals surface area contributed by atoms with E-state index in [0.717, 1.165) is 16.1 Å². The standard InChI is InChI=1S/C19H19N3O2S/c23-17(13-25-14-5-9-20-10-6-14)22-11-7-19(8-12-22)15-3-1-2-4-16(15)21-18(19)24/h1-6,9-10H,7-8,11-13H2,(H,21,24). The predicted octanol–water partition coefficient (Wildman–Crippen LogP) is 2.69. The Balaban J connectivity index is 1.40. The zero-order valence-corrected chi connectivity index (χ0v) is 14.6. The Morgan fingerprint density at radius 3 is 2.64 bits per heavy atom. The second kappa shape index (κ2) is 6.52. The molecule has 0 bridgehead atoms. The molecule has 3 heterocycles. The molecule has 1 N–H and O–H groups in total. The summed E-state index contributed by atoms with van der Waals surface area (Å²) in [5, 5.41) is 3.00. The molecule has 1 fully saturated rings. The summed E-state index contributed by atoms with van der Waals surface area (Å²) >= 11 is 1.52. The molecule has 0 aliphatic carbocycles. The minimum atomic E-state index is -0.467. The van der Waals surface area contributed by atoms with Crippen LogP contribution in [0, 0.1) is 0 Å². The first-order valence-electron chi connectivity index (χ1n) is 8.41. The molecule has 1 aromatic carbocycles. The molecule has 1 saturated heterocycles. The maximum absolute atomic E-state index is 12.6. The first-order valence-corrected chi connectivity index (χ1v) is 9.39. The second-order valence-corrected chi connectivity index (χ2v) is 7.48. The largest absolute Gasteiger partial charge is 0.342 e. The summed E-state index contributed by atoms with van der Waals surface area (Å²) < 4.78 is 0. The molecule has 1 spiro atoms. The highest BCUT2D eigenvalue weighted by molar-refractivity contribution is 8.00. The van der Waals surface area contributed by atoms with Gasteiger partial charge < -0.3 is 10.2 Å². The smallest absolute Gasteiger partial charge is 0.235 e. The van der Waals surface area contributed by atoms with Crippen molar-refractivity contribution in [3.63, 3.8) is 0 Å². The van der Waals surface area contributed by atoms with E-state index in [4.69, 9.17) is 0 Å². The van der Waals surface area contributed by atoms with Crippen LogP contribution in [0.15, 0.2) is 53.7 Å². The van der Waals surface area contributed by atoms with Crippen LogP contribution in [0.2, 0.25) is 0 Å². The molecular weight excluding hydrogens is 334 g/mol. The van der Waals surface area contributed by atoms with Crippen LogP contribution < -0.4 is 5.32 Å². The topological polar surface area (TPSA) is 62.3 Å². The Kier molecular flexibility index (Phi) is 4.21. The predicted molar refractivity (Wildman–Crippen MR) is 97.5 cm³/mol. The van der Waals surface area contributed by atoms with Gasteiger partial charge in [0.25, 0.3) is 0 Å². The van der Waals surface area contributed by atoms with Gasteiger partial charge in [0.1, 0.15) is 0 Å². The van der Waals surface area contributed by atoms with Crippen LogP contribution in [-0.2, 0) is 15.0 Å². The first-order chi connectivity index (χ1) is 12.2. The lowest BCUT2D eigenvalue weighted by atomic mass is 9.73. The summed E-state index contributed by atoms with van der Waals surface area (Å²) in [6.07, 6.45) is 4.82. The number of carbonyl (C=O) groups excluding carboxylic acids is 2. The number of thioether (sulfide) groups is 1. The van der Waals surface area contributed by atoms with Crippen LogP contribution in [0.5, 0.6) is 0 Å². The van der Waals surface area contributed by atoms with Crippen molar-refractivity contribution < 1.29 is 9.59 Å². The minimum absolute atomic E-state index is 0.0759. The molecule has 6 heteroatoms. The van der Waals surface area contributed by atoms with Crippen molar-refractivity contribution in [2.75, 3.05) is 24.2 Å². The van der Waals surface area contributed by atoms with E-state index in [1.807, 2.05) is 41.3 Å². The monoisotopic (exact) mass is 353 g/mol. The number of anilines is 1. The number of fused-ring (bicyclic) bond motifs is 2. The molecular formula is C19H19N3O2S. The van der Waals surface area contributed by atoms with Gasteiger partial charge in [0.2, 0.25) is 11.8 Å². The van der Waals surface area contributed by atoms with Gasteiger partial charge >= 0.3 is 0 Å². The number of likely N-dealkylation sites (tertiary alicyclic amines) is 1. The number of hydrogen-bond acceptors (Lipinski definition) is 4. The lowest BCUT2D eigenvalue weighted by molar-refractivity contribution is -0.132. The van der Waals surface area contributed by atoms with E-state index < -0.39 is 5.41 Å². The number of rotatable bonds is 3. The van der Waals surface area contributed by atoms with E-state index in [0.29, 0.717) is 31.7 Å². The summed E-state index contributed by atoms with van der Waals surface area (Å²) in [6.45, 7) is 1.25. The Morgan fingerprint density at radius 1 is 1.16 bits per heavy atom. The molecule has 2 aliphatic rings. The molecule has 0 saturated carbocycles. The van der Waals surface area contributed by atoms with Gasteiger partial charge in [-0.25, -0.2) is 0 Å². The summed E-state index contributed by atoms with van der Waals surface area (Å²) in [6, 6.07) is 11.7. The van der Waals surface area contributed by atoms with Crippen molar-refractivity contribution in [3.05, 3.63) is 54.4 Å². The molecule has 2 aliphatic heterocycles. The van der Waals surface area contributed by atoms with Crippen LogP contribution in [0.4, 0.5) is 5.69 Å². The number of benzene rings is 1. The van der Waals surface area contributed by atoms with Crippen LogP contribution in [0.3, 0.4) is 0 Å². The van der Waals surface area contributed by atoms with Crippen molar-refractivity contribution in [2.24, 2.45) is 0 Å². The van der Waals surface area contributed by atoms with Gasteiger partial charge in [0, 0.05) is 36.1 Å². The second-order valence-electron chi connectivity index (χ2n) is 6.43. The molecule has 0 radical (unpaired) electrons. The quantitative estimate of drug-likeness (QED) is 0.862. The van der Waals surface area contributed by atoms with E-state index in [9.17, 15) is 9.59 Å². The lowest BCUT2D eigenvalue weighted by Gasteiger charge is -2.38. The third-order valence-corrected chi connectivity index (χ3v) is 6.10. The highest BCUT2D eigenvalue weighted by Gasteiger charge is 2.48. The van der Waals surface area contributed by atoms with Crippen molar-refractivity contribution in [3.8, 4) is 0 Å². The Bertz CT molecular complexity index is 801. The van der Waals surface area contributed by atoms with Gasteiger partial charge in [-0.15, -0.1) is 11.8 Å². The average Bonchev–Trinajstić information content (AvgIpc) is 2.93. The SMILES string of the molecule is O=C(CSc1ccncc1)N1CCC2(CC1)C(=O)Nc1ccccc12. The van der Waals surface area contributed by atoms with Crippen LogP contribution >= 0.6 is 11.8 Å². The third kappa shape index (κ3) is 2.91. The summed E-state index contributed by atoms with van der Waals surface area (Å²) in [4.78, 5) is 32.0. The molecule has 0 atom stereocenters. The zero-order valence-electron chi connectivity index (χ0n) is 13.8. The normalized spacial score (nSPS) is 18.1. The average molecular weight is 353 g/mol.